The Kier molecular flexibility index (Phi) is 2.41. The minimum absolute atomic E-state index is 0.200. The number of hydrogen-bond acceptors (Lipinski definition) is 2. The van der Waals surface area contributed by atoms with E-state index in [2.05, 4.69) is 5.32 Å². The molecule has 4 heteroatoms. The molecular weight excluding hydrogens is 194 g/mol. The molecule has 0 spiro atoms. The molecule has 78 valence electrons. The molecule has 2 atom stereocenters. The van der Waals surface area contributed by atoms with Crippen LogP contribution in [0.1, 0.15) is 17.9 Å². The smallest absolute Gasteiger partial charge is 0.326 e. The van der Waals surface area contributed by atoms with Crippen LogP contribution in [0.4, 0.5) is 0 Å². The van der Waals surface area contributed by atoms with E-state index in [0.29, 0.717) is 6.42 Å². The molecule has 2 rings (SSSR count). The van der Waals surface area contributed by atoms with Crippen LogP contribution in [0.5, 0.6) is 0 Å². The Bertz CT molecular complexity index is 388. The van der Waals surface area contributed by atoms with Gasteiger partial charge in [-0.3, -0.25) is 4.79 Å². The van der Waals surface area contributed by atoms with Crippen molar-refractivity contribution in [3.63, 3.8) is 0 Å². The summed E-state index contributed by atoms with van der Waals surface area (Å²) in [6.45, 7) is 0. The first-order valence-corrected chi connectivity index (χ1v) is 4.76. The van der Waals surface area contributed by atoms with Gasteiger partial charge in [0.05, 0.1) is 5.92 Å². The van der Waals surface area contributed by atoms with Crippen molar-refractivity contribution in [3.8, 4) is 0 Å². The molecule has 2 N–H and O–H groups in total. The molecule has 1 aromatic rings. The molecular formula is C11H11NO3. The summed E-state index contributed by atoms with van der Waals surface area (Å²) in [5.41, 5.74) is 0.874. The van der Waals surface area contributed by atoms with Crippen molar-refractivity contribution in [1.82, 2.24) is 5.32 Å². The van der Waals surface area contributed by atoms with Gasteiger partial charge in [0.2, 0.25) is 5.91 Å². The second-order valence-electron chi connectivity index (χ2n) is 3.60. The summed E-state index contributed by atoms with van der Waals surface area (Å²) in [5.74, 6) is -1.50. The molecule has 0 unspecified atom stereocenters. The van der Waals surface area contributed by atoms with E-state index >= 15 is 0 Å². The van der Waals surface area contributed by atoms with Crippen LogP contribution in [-0.4, -0.2) is 23.0 Å². The minimum atomic E-state index is -0.971. The molecule has 15 heavy (non-hydrogen) atoms. The maximum atomic E-state index is 11.5. The van der Waals surface area contributed by atoms with Crippen molar-refractivity contribution in [2.45, 2.75) is 18.4 Å². The van der Waals surface area contributed by atoms with Gasteiger partial charge in [-0.15, -0.1) is 0 Å². The van der Waals surface area contributed by atoms with E-state index in [1.165, 1.54) is 0 Å². The number of carboxylic acids is 1. The zero-order chi connectivity index (χ0) is 10.8. The van der Waals surface area contributed by atoms with Crippen molar-refractivity contribution in [1.29, 1.82) is 0 Å². The third-order valence-electron chi connectivity index (χ3n) is 2.60. The lowest BCUT2D eigenvalue weighted by Crippen LogP contribution is -2.32. The Labute approximate surface area is 86.9 Å². The number of aliphatic carboxylic acids is 1. The molecule has 0 bridgehead atoms. The standard InChI is InChI=1S/C11H11NO3/c13-10-8(6-9(12-10)11(14)15)7-4-2-1-3-5-7/h1-5,8-9H,6H2,(H,12,13)(H,14,15)/t8-,9+/m0/s1. The largest absolute Gasteiger partial charge is 0.480 e. The average molecular weight is 205 g/mol. The van der Waals surface area contributed by atoms with Gasteiger partial charge in [-0.1, -0.05) is 30.3 Å². The van der Waals surface area contributed by atoms with Crippen LogP contribution >= 0.6 is 0 Å². The second kappa shape index (κ2) is 3.73. The summed E-state index contributed by atoms with van der Waals surface area (Å²) in [4.78, 5) is 22.2. The quantitative estimate of drug-likeness (QED) is 0.748. The Morgan fingerprint density at radius 3 is 2.53 bits per heavy atom. The number of carboxylic acid groups (broad SMARTS) is 1. The summed E-state index contributed by atoms with van der Waals surface area (Å²) in [6.07, 6.45) is 0.332. The van der Waals surface area contributed by atoms with Crippen LogP contribution in [-0.2, 0) is 9.59 Å². The Morgan fingerprint density at radius 1 is 1.33 bits per heavy atom. The molecule has 0 saturated carbocycles. The van der Waals surface area contributed by atoms with Crippen molar-refractivity contribution in [2.24, 2.45) is 0 Å². The van der Waals surface area contributed by atoms with Crippen molar-refractivity contribution in [3.05, 3.63) is 35.9 Å². The lowest BCUT2D eigenvalue weighted by molar-refractivity contribution is -0.140. The van der Waals surface area contributed by atoms with Gasteiger partial charge >= 0.3 is 5.97 Å². The zero-order valence-electron chi connectivity index (χ0n) is 8.01. The first kappa shape index (κ1) is 9.71. The van der Waals surface area contributed by atoms with E-state index in [4.69, 9.17) is 5.11 Å². The molecule has 1 saturated heterocycles. The summed E-state index contributed by atoms with van der Waals surface area (Å²) in [7, 11) is 0. The topological polar surface area (TPSA) is 66.4 Å². The highest BCUT2D eigenvalue weighted by molar-refractivity contribution is 5.92. The van der Waals surface area contributed by atoms with Gasteiger partial charge in [-0.05, 0) is 12.0 Å². The van der Waals surface area contributed by atoms with Gasteiger partial charge < -0.3 is 10.4 Å². The van der Waals surface area contributed by atoms with E-state index < -0.39 is 12.0 Å². The molecule has 1 aromatic carbocycles. The summed E-state index contributed by atoms with van der Waals surface area (Å²) in [6, 6.07) is 8.49. The highest BCUT2D eigenvalue weighted by atomic mass is 16.4. The Balaban J connectivity index is 2.19. The fourth-order valence-electron chi connectivity index (χ4n) is 1.81. The summed E-state index contributed by atoms with van der Waals surface area (Å²) >= 11 is 0. The van der Waals surface area contributed by atoms with Gasteiger partial charge in [-0.2, -0.15) is 0 Å². The van der Waals surface area contributed by atoms with Gasteiger partial charge in [-0.25, -0.2) is 4.79 Å². The fourth-order valence-corrected chi connectivity index (χ4v) is 1.81. The third kappa shape index (κ3) is 1.83. The Hall–Kier alpha value is -1.84. The van der Waals surface area contributed by atoms with Crippen LogP contribution in [0.3, 0.4) is 0 Å². The number of amides is 1. The number of hydrogen-bond donors (Lipinski definition) is 2. The van der Waals surface area contributed by atoms with Crippen LogP contribution in [0.25, 0.3) is 0 Å². The predicted molar refractivity (Wildman–Crippen MR) is 53.4 cm³/mol. The molecule has 0 aliphatic carbocycles. The van der Waals surface area contributed by atoms with E-state index in [1.54, 1.807) is 0 Å². The van der Waals surface area contributed by atoms with Crippen molar-refractivity contribution >= 4 is 11.9 Å². The van der Waals surface area contributed by atoms with Crippen LogP contribution in [0.2, 0.25) is 0 Å². The first-order chi connectivity index (χ1) is 7.18. The molecule has 1 amide bonds. The van der Waals surface area contributed by atoms with Gasteiger partial charge in [0.15, 0.2) is 0 Å². The lowest BCUT2D eigenvalue weighted by atomic mass is 9.96. The van der Waals surface area contributed by atoms with E-state index in [9.17, 15) is 9.59 Å². The highest BCUT2D eigenvalue weighted by Gasteiger charge is 2.36. The first-order valence-electron chi connectivity index (χ1n) is 4.76. The van der Waals surface area contributed by atoms with Crippen molar-refractivity contribution < 1.29 is 14.7 Å². The lowest BCUT2D eigenvalue weighted by Gasteiger charge is -2.05. The molecule has 1 aliphatic rings. The van der Waals surface area contributed by atoms with E-state index in [1.807, 2.05) is 30.3 Å². The number of rotatable bonds is 2. The molecule has 1 heterocycles. The molecule has 0 radical (unpaired) electrons. The number of carbonyl (C=O) groups excluding carboxylic acids is 1. The molecule has 1 aliphatic heterocycles. The van der Waals surface area contributed by atoms with E-state index in [-0.39, 0.29) is 11.8 Å². The predicted octanol–water partition coefficient (Wildman–Crippen LogP) is 0.743. The summed E-state index contributed by atoms with van der Waals surface area (Å²) in [5, 5.41) is 11.2. The molecule has 1 fully saturated rings. The SMILES string of the molecule is O=C1N[C@@H](C(=O)O)C[C@H]1c1ccccc1. The fraction of sp³-hybridized carbons (Fsp3) is 0.273. The zero-order valence-corrected chi connectivity index (χ0v) is 8.01. The maximum absolute atomic E-state index is 11.5. The average Bonchev–Trinajstić information content (AvgIpc) is 2.62. The van der Waals surface area contributed by atoms with Gasteiger partial charge in [0.1, 0.15) is 6.04 Å². The van der Waals surface area contributed by atoms with Crippen LogP contribution in [0, 0.1) is 0 Å². The van der Waals surface area contributed by atoms with E-state index in [0.717, 1.165) is 5.56 Å². The normalized spacial score (nSPS) is 24.9. The van der Waals surface area contributed by atoms with Crippen molar-refractivity contribution in [2.75, 3.05) is 0 Å². The number of carbonyl (C=O) groups is 2. The summed E-state index contributed by atoms with van der Waals surface area (Å²) < 4.78 is 0. The van der Waals surface area contributed by atoms with Crippen LogP contribution < -0.4 is 5.32 Å². The monoisotopic (exact) mass is 205 g/mol. The number of benzene rings is 1. The van der Waals surface area contributed by atoms with Gasteiger partial charge in [0.25, 0.3) is 0 Å². The number of nitrogens with one attached hydrogen (secondary N) is 1. The molecule has 0 aromatic heterocycles. The maximum Gasteiger partial charge on any atom is 0.326 e. The highest BCUT2D eigenvalue weighted by Crippen LogP contribution is 2.26. The Morgan fingerprint density at radius 2 is 2.00 bits per heavy atom. The van der Waals surface area contributed by atoms with Gasteiger partial charge in [0, 0.05) is 0 Å². The molecule has 4 nitrogen and oxygen atoms in total. The second-order valence-corrected chi connectivity index (χ2v) is 3.60. The van der Waals surface area contributed by atoms with Crippen LogP contribution in [0.15, 0.2) is 30.3 Å². The minimum Gasteiger partial charge on any atom is -0.480 e. The third-order valence-corrected chi connectivity index (χ3v) is 2.60.